The Bertz CT molecular complexity index is 282. The second-order valence-corrected chi connectivity index (χ2v) is 11.7. The van der Waals surface area contributed by atoms with Crippen LogP contribution in [0.2, 0.25) is 13.1 Å². The van der Waals surface area contributed by atoms with Crippen LogP contribution in [0.5, 0.6) is 0 Å². The summed E-state index contributed by atoms with van der Waals surface area (Å²) in [5.41, 5.74) is 5.83. The average molecular weight is 238 g/mol. The minimum absolute atomic E-state index is 1.25. The van der Waals surface area contributed by atoms with Gasteiger partial charge in [0.05, 0.1) is 0 Å². The van der Waals surface area contributed by atoms with Crippen molar-refractivity contribution in [1.82, 2.24) is 0 Å². The van der Waals surface area contributed by atoms with Gasteiger partial charge in [0.15, 0.2) is 8.32 Å². The Morgan fingerprint density at radius 2 is 1.53 bits per heavy atom. The van der Waals surface area contributed by atoms with E-state index in [9.17, 15) is 0 Å². The lowest BCUT2D eigenvalue weighted by Crippen LogP contribution is -2.46. The van der Waals surface area contributed by atoms with Crippen molar-refractivity contribution in [2.75, 3.05) is 0 Å². The van der Waals surface area contributed by atoms with Crippen molar-refractivity contribution in [3.8, 4) is 0 Å². The monoisotopic (exact) mass is 238 g/mol. The Balaban J connectivity index is 5.22. The second kappa shape index (κ2) is 5.44. The molecule has 0 aromatic rings. The van der Waals surface area contributed by atoms with Crippen LogP contribution >= 0.6 is 0 Å². The van der Waals surface area contributed by atoms with Gasteiger partial charge in [-0.3, -0.25) is 0 Å². The number of rotatable bonds is 6. The molecule has 0 saturated heterocycles. The van der Waals surface area contributed by atoms with Crippen LogP contribution in [-0.4, -0.2) is 16.6 Å². The summed E-state index contributed by atoms with van der Waals surface area (Å²) in [6, 6.07) is 0. The number of hydrogen-bond donors (Lipinski definition) is 0. The van der Waals surface area contributed by atoms with E-state index in [-0.39, 0.29) is 0 Å². The topological polar surface area (TPSA) is 9.23 Å². The van der Waals surface area contributed by atoms with Crippen LogP contribution in [0.15, 0.2) is 48.1 Å². The molecule has 0 aliphatic carbocycles. The Morgan fingerprint density at radius 1 is 1.07 bits per heavy atom. The van der Waals surface area contributed by atoms with Crippen LogP contribution < -0.4 is 0 Å². The fourth-order valence-corrected chi connectivity index (χ4v) is 7.66. The number of allylic oxidation sites excluding steroid dienone is 2. The van der Waals surface area contributed by atoms with E-state index in [0.29, 0.717) is 0 Å². The highest BCUT2D eigenvalue weighted by molar-refractivity contribution is 6.97. The van der Waals surface area contributed by atoms with Gasteiger partial charge in [-0.15, -0.1) is 19.7 Å². The molecular weight excluding hydrogens is 216 g/mol. The first kappa shape index (κ1) is 14.4. The molecule has 0 aromatic carbocycles. The van der Waals surface area contributed by atoms with Gasteiger partial charge in [-0.2, -0.15) is 0 Å². The fourth-order valence-electron chi connectivity index (χ4n) is 1.27. The lowest BCUT2D eigenvalue weighted by atomic mass is 10.6. The van der Waals surface area contributed by atoms with E-state index in [2.05, 4.69) is 45.8 Å². The molecular formula is C12H22OSi2. The highest BCUT2D eigenvalue weighted by atomic mass is 28.4. The Kier molecular flexibility index (Phi) is 5.21. The zero-order valence-corrected chi connectivity index (χ0v) is 12.3. The minimum atomic E-state index is -2.12. The standard InChI is InChI=1S/C12H22OSi2/c1-8-12(5)15(10-3,11-4)13-14(6,7)9-2/h8-11H,2-4H2,1,5-7H3. The molecule has 0 spiro atoms. The zero-order chi connectivity index (χ0) is 12.1. The van der Waals surface area contributed by atoms with Crippen LogP contribution in [0, 0.1) is 0 Å². The molecule has 0 amide bonds. The summed E-state index contributed by atoms with van der Waals surface area (Å²) >= 11 is 0. The maximum absolute atomic E-state index is 6.28. The molecule has 15 heavy (non-hydrogen) atoms. The van der Waals surface area contributed by atoms with E-state index in [1.165, 1.54) is 5.20 Å². The molecule has 84 valence electrons. The largest absolute Gasteiger partial charge is 0.443 e. The highest BCUT2D eigenvalue weighted by Gasteiger charge is 2.36. The van der Waals surface area contributed by atoms with Gasteiger partial charge in [0.2, 0.25) is 0 Å². The Morgan fingerprint density at radius 3 is 1.80 bits per heavy atom. The molecule has 0 N–H and O–H groups in total. The van der Waals surface area contributed by atoms with Gasteiger partial charge in [0.1, 0.15) is 0 Å². The quantitative estimate of drug-likeness (QED) is 0.639. The van der Waals surface area contributed by atoms with Gasteiger partial charge in [0, 0.05) is 0 Å². The molecule has 0 bridgehead atoms. The van der Waals surface area contributed by atoms with Gasteiger partial charge in [0.25, 0.3) is 8.32 Å². The predicted molar refractivity (Wildman–Crippen MR) is 74.3 cm³/mol. The molecule has 0 unspecified atom stereocenters. The first-order valence-corrected chi connectivity index (χ1v) is 10.2. The molecule has 0 heterocycles. The van der Waals surface area contributed by atoms with E-state index in [4.69, 9.17) is 4.12 Å². The van der Waals surface area contributed by atoms with Crippen LogP contribution in [-0.2, 0) is 4.12 Å². The summed E-state index contributed by atoms with van der Waals surface area (Å²) in [5, 5.41) is 1.25. The molecule has 0 saturated carbocycles. The van der Waals surface area contributed by atoms with Crippen LogP contribution in [0.1, 0.15) is 13.8 Å². The zero-order valence-electron chi connectivity index (χ0n) is 10.3. The van der Waals surface area contributed by atoms with Crippen molar-refractivity contribution in [2.45, 2.75) is 26.9 Å². The lowest BCUT2D eigenvalue weighted by Gasteiger charge is -2.33. The van der Waals surface area contributed by atoms with Gasteiger partial charge in [-0.05, 0) is 26.9 Å². The predicted octanol–water partition coefficient (Wildman–Crippen LogP) is 3.83. The van der Waals surface area contributed by atoms with Gasteiger partial charge in [-0.25, -0.2) is 0 Å². The smallest absolute Gasteiger partial charge is 0.257 e. The van der Waals surface area contributed by atoms with Gasteiger partial charge in [-0.1, -0.05) is 28.4 Å². The summed E-state index contributed by atoms with van der Waals surface area (Å²) in [4.78, 5) is 0. The Hall–Kier alpha value is -0.646. The average Bonchev–Trinajstić information content (AvgIpc) is 2.25. The maximum atomic E-state index is 6.28. The summed E-state index contributed by atoms with van der Waals surface area (Å²) in [5.74, 6) is 0. The SMILES string of the molecule is C=C[Si](C)(C)O[Si](C=C)(C=C)C(C)=CC. The lowest BCUT2D eigenvalue weighted by molar-refractivity contribution is 0.578. The van der Waals surface area contributed by atoms with Gasteiger partial charge >= 0.3 is 0 Å². The van der Waals surface area contributed by atoms with Crippen molar-refractivity contribution in [1.29, 1.82) is 0 Å². The Labute approximate surface area is 96.1 Å². The molecule has 3 heteroatoms. The van der Waals surface area contributed by atoms with E-state index in [1.54, 1.807) is 0 Å². The van der Waals surface area contributed by atoms with E-state index >= 15 is 0 Å². The normalized spacial score (nSPS) is 13.5. The third-order valence-corrected chi connectivity index (χ3v) is 9.75. The molecule has 0 aliphatic heterocycles. The summed E-state index contributed by atoms with van der Waals surface area (Å²) < 4.78 is 6.28. The molecule has 0 aliphatic rings. The van der Waals surface area contributed by atoms with Crippen molar-refractivity contribution >= 4 is 16.6 Å². The van der Waals surface area contributed by atoms with Crippen LogP contribution in [0.3, 0.4) is 0 Å². The fraction of sp³-hybridized carbons (Fsp3) is 0.333. The van der Waals surface area contributed by atoms with E-state index < -0.39 is 16.6 Å². The van der Waals surface area contributed by atoms with Crippen molar-refractivity contribution in [3.63, 3.8) is 0 Å². The second-order valence-electron chi connectivity index (χ2n) is 4.08. The van der Waals surface area contributed by atoms with Crippen molar-refractivity contribution in [2.24, 2.45) is 0 Å². The van der Waals surface area contributed by atoms with E-state index in [0.717, 1.165) is 0 Å². The van der Waals surface area contributed by atoms with Crippen LogP contribution in [0.25, 0.3) is 0 Å². The van der Waals surface area contributed by atoms with Crippen molar-refractivity contribution < 1.29 is 4.12 Å². The molecule has 0 rings (SSSR count). The highest BCUT2D eigenvalue weighted by Crippen LogP contribution is 2.24. The van der Waals surface area contributed by atoms with Gasteiger partial charge < -0.3 is 4.12 Å². The summed E-state index contributed by atoms with van der Waals surface area (Å²) in [6.07, 6.45) is 2.09. The maximum Gasteiger partial charge on any atom is 0.257 e. The summed E-state index contributed by atoms with van der Waals surface area (Å²) in [6.45, 7) is 20.0. The minimum Gasteiger partial charge on any atom is -0.443 e. The molecule has 0 radical (unpaired) electrons. The molecule has 0 aromatic heterocycles. The first-order chi connectivity index (χ1) is 6.87. The molecule has 1 nitrogen and oxygen atoms in total. The third-order valence-electron chi connectivity index (χ3n) is 2.58. The molecule has 0 atom stereocenters. The number of hydrogen-bond acceptors (Lipinski definition) is 1. The third kappa shape index (κ3) is 3.44. The first-order valence-electron chi connectivity index (χ1n) is 5.12. The van der Waals surface area contributed by atoms with Crippen LogP contribution in [0.4, 0.5) is 0 Å². The van der Waals surface area contributed by atoms with E-state index in [1.807, 2.05) is 24.0 Å². The summed E-state index contributed by atoms with van der Waals surface area (Å²) in [7, 11) is -3.92. The van der Waals surface area contributed by atoms with Crippen molar-refractivity contribution in [3.05, 3.63) is 48.1 Å². The molecule has 0 fully saturated rings.